The lowest BCUT2D eigenvalue weighted by molar-refractivity contribution is 0.0897. The van der Waals surface area contributed by atoms with E-state index in [1.165, 1.54) is 12.8 Å². The van der Waals surface area contributed by atoms with Crippen LogP contribution in [0.3, 0.4) is 0 Å². The van der Waals surface area contributed by atoms with Crippen LogP contribution in [0.2, 0.25) is 0 Å². The minimum Gasteiger partial charge on any atom is -0.477 e. The van der Waals surface area contributed by atoms with Gasteiger partial charge in [-0.3, -0.25) is 4.79 Å². The molecule has 0 radical (unpaired) electrons. The van der Waals surface area contributed by atoms with E-state index in [1.807, 2.05) is 0 Å². The molecule has 8 heteroatoms. The second-order valence-corrected chi connectivity index (χ2v) is 7.17. The standard InChI is InChI=1S/C20H22BNO6/c23-10-18(24)16-6-8-19(22-20(16)26-11-13-3-1-2-4-13)28-15-5-7-17-14(9-15)12-27-21(17)25/h5-9,13,23,25H,1-4,10-12H2. The lowest BCUT2D eigenvalue weighted by atomic mass is 9.80. The number of fused-ring (bicyclic) bond motifs is 1. The number of hydrogen-bond donors (Lipinski definition) is 2. The van der Waals surface area contributed by atoms with Gasteiger partial charge in [-0.25, -0.2) is 0 Å². The molecule has 7 nitrogen and oxygen atoms in total. The quantitative estimate of drug-likeness (QED) is 0.556. The lowest BCUT2D eigenvalue weighted by Crippen LogP contribution is -2.27. The average Bonchev–Trinajstić information content (AvgIpc) is 3.36. The second kappa shape index (κ2) is 8.30. The molecule has 1 fully saturated rings. The Morgan fingerprint density at radius 2 is 2.07 bits per heavy atom. The number of carbonyl (C=O) groups excluding carboxylic acids is 1. The van der Waals surface area contributed by atoms with Crippen LogP contribution in [-0.4, -0.2) is 41.2 Å². The molecule has 4 rings (SSSR count). The minimum atomic E-state index is -0.901. The van der Waals surface area contributed by atoms with E-state index < -0.39 is 19.5 Å². The van der Waals surface area contributed by atoms with Gasteiger partial charge < -0.3 is 24.3 Å². The van der Waals surface area contributed by atoms with Crippen molar-refractivity contribution < 1.29 is 29.1 Å². The third-order valence-corrected chi connectivity index (χ3v) is 5.21. The highest BCUT2D eigenvalue weighted by molar-refractivity contribution is 6.61. The lowest BCUT2D eigenvalue weighted by Gasteiger charge is -2.14. The monoisotopic (exact) mass is 383 g/mol. The first-order chi connectivity index (χ1) is 13.6. The molecule has 2 heterocycles. The van der Waals surface area contributed by atoms with Crippen molar-refractivity contribution >= 4 is 18.4 Å². The molecule has 2 aromatic rings. The van der Waals surface area contributed by atoms with E-state index in [9.17, 15) is 14.9 Å². The summed E-state index contributed by atoms with van der Waals surface area (Å²) in [5, 5.41) is 18.9. The van der Waals surface area contributed by atoms with Crippen molar-refractivity contribution in [1.82, 2.24) is 4.98 Å². The van der Waals surface area contributed by atoms with Crippen LogP contribution in [0.4, 0.5) is 0 Å². The Balaban J connectivity index is 1.53. The molecule has 1 saturated carbocycles. The van der Waals surface area contributed by atoms with E-state index in [-0.39, 0.29) is 17.3 Å². The van der Waals surface area contributed by atoms with Crippen LogP contribution in [0.25, 0.3) is 0 Å². The number of aromatic nitrogens is 1. The minimum absolute atomic E-state index is 0.184. The molecule has 2 N–H and O–H groups in total. The maximum absolute atomic E-state index is 12.0. The van der Waals surface area contributed by atoms with Crippen molar-refractivity contribution in [2.24, 2.45) is 5.92 Å². The summed E-state index contributed by atoms with van der Waals surface area (Å²) in [6.45, 7) is 0.214. The number of aliphatic hydroxyl groups excluding tert-OH is 1. The van der Waals surface area contributed by atoms with Gasteiger partial charge in [-0.1, -0.05) is 18.9 Å². The van der Waals surface area contributed by atoms with Crippen LogP contribution in [0.15, 0.2) is 30.3 Å². The number of pyridine rings is 1. The Morgan fingerprint density at radius 3 is 2.86 bits per heavy atom. The molecule has 1 aliphatic heterocycles. The number of hydrogen-bond acceptors (Lipinski definition) is 7. The predicted molar refractivity (Wildman–Crippen MR) is 102 cm³/mol. The molecule has 0 amide bonds. The normalized spacial score (nSPS) is 16.3. The third-order valence-electron chi connectivity index (χ3n) is 5.21. The summed E-state index contributed by atoms with van der Waals surface area (Å²) < 4.78 is 16.8. The fraction of sp³-hybridized carbons (Fsp3) is 0.400. The maximum Gasteiger partial charge on any atom is 0.491 e. The van der Waals surface area contributed by atoms with Crippen LogP contribution < -0.4 is 14.9 Å². The second-order valence-electron chi connectivity index (χ2n) is 7.17. The molecule has 1 aromatic carbocycles. The van der Waals surface area contributed by atoms with Gasteiger partial charge >= 0.3 is 7.12 Å². The van der Waals surface area contributed by atoms with Crippen LogP contribution in [0.5, 0.6) is 17.5 Å². The number of aliphatic hydroxyl groups is 1. The van der Waals surface area contributed by atoms with Gasteiger partial charge in [0, 0.05) is 6.07 Å². The van der Waals surface area contributed by atoms with Gasteiger partial charge in [0.2, 0.25) is 11.8 Å². The van der Waals surface area contributed by atoms with Gasteiger partial charge in [-0.2, -0.15) is 4.98 Å². The average molecular weight is 383 g/mol. The highest BCUT2D eigenvalue weighted by Crippen LogP contribution is 2.29. The summed E-state index contributed by atoms with van der Waals surface area (Å²) in [5.74, 6) is 1.04. The summed E-state index contributed by atoms with van der Waals surface area (Å²) in [5.41, 5.74) is 1.83. The summed E-state index contributed by atoms with van der Waals surface area (Å²) >= 11 is 0. The summed E-state index contributed by atoms with van der Waals surface area (Å²) in [7, 11) is -0.901. The molecule has 146 valence electrons. The Kier molecular flexibility index (Phi) is 5.61. The number of carbonyl (C=O) groups is 1. The molecule has 1 aromatic heterocycles. The van der Waals surface area contributed by atoms with Crippen molar-refractivity contribution in [3.05, 3.63) is 41.5 Å². The van der Waals surface area contributed by atoms with E-state index in [2.05, 4.69) is 4.98 Å². The van der Waals surface area contributed by atoms with E-state index in [0.29, 0.717) is 24.9 Å². The summed E-state index contributed by atoms with van der Waals surface area (Å²) in [6.07, 6.45) is 4.62. The Hall–Kier alpha value is -2.42. The van der Waals surface area contributed by atoms with Gasteiger partial charge in [-0.05, 0) is 48.0 Å². The third kappa shape index (κ3) is 4.04. The molecular weight excluding hydrogens is 361 g/mol. The number of nitrogens with zero attached hydrogens (tertiary/aromatic N) is 1. The summed E-state index contributed by atoms with van der Waals surface area (Å²) in [4.78, 5) is 16.4. The first-order valence-corrected chi connectivity index (χ1v) is 9.52. The maximum atomic E-state index is 12.0. The number of ketones is 1. The van der Waals surface area contributed by atoms with E-state index in [1.54, 1.807) is 30.3 Å². The number of Topliss-reactive ketones (excluding diaryl/α,β-unsaturated/α-hetero) is 1. The van der Waals surface area contributed by atoms with Crippen molar-refractivity contribution in [3.63, 3.8) is 0 Å². The van der Waals surface area contributed by atoms with Crippen molar-refractivity contribution in [1.29, 1.82) is 0 Å². The van der Waals surface area contributed by atoms with E-state index in [0.717, 1.165) is 23.9 Å². The fourth-order valence-corrected chi connectivity index (χ4v) is 3.65. The molecule has 28 heavy (non-hydrogen) atoms. The van der Waals surface area contributed by atoms with Crippen molar-refractivity contribution in [3.8, 4) is 17.5 Å². The Labute approximate surface area is 163 Å². The van der Waals surface area contributed by atoms with Crippen LogP contribution in [-0.2, 0) is 11.3 Å². The zero-order chi connectivity index (χ0) is 19.5. The van der Waals surface area contributed by atoms with Gasteiger partial charge in [0.15, 0.2) is 5.78 Å². The van der Waals surface area contributed by atoms with Gasteiger partial charge in [0.05, 0.1) is 18.8 Å². The largest absolute Gasteiger partial charge is 0.491 e. The molecule has 1 aliphatic carbocycles. The van der Waals surface area contributed by atoms with Gasteiger partial charge in [0.1, 0.15) is 12.4 Å². The highest BCUT2D eigenvalue weighted by atomic mass is 16.5. The predicted octanol–water partition coefficient (Wildman–Crippen LogP) is 1.84. The van der Waals surface area contributed by atoms with Crippen LogP contribution in [0, 0.1) is 5.92 Å². The number of benzene rings is 1. The highest BCUT2D eigenvalue weighted by Gasteiger charge is 2.27. The van der Waals surface area contributed by atoms with Crippen LogP contribution >= 0.6 is 0 Å². The zero-order valence-corrected chi connectivity index (χ0v) is 15.5. The number of rotatable bonds is 7. The van der Waals surface area contributed by atoms with E-state index >= 15 is 0 Å². The van der Waals surface area contributed by atoms with Gasteiger partial charge in [-0.15, -0.1) is 0 Å². The SMILES string of the molecule is O=C(CO)c1ccc(Oc2ccc3c(c2)COB3O)nc1OCC1CCCC1. The molecule has 0 saturated heterocycles. The Morgan fingerprint density at radius 1 is 1.25 bits per heavy atom. The molecule has 0 atom stereocenters. The van der Waals surface area contributed by atoms with Gasteiger partial charge in [0.25, 0.3) is 0 Å². The summed E-state index contributed by atoms with van der Waals surface area (Å²) in [6, 6.07) is 8.40. The number of ether oxygens (including phenoxy) is 2. The molecule has 2 aliphatic rings. The first kappa shape index (κ1) is 18.9. The smallest absolute Gasteiger partial charge is 0.477 e. The first-order valence-electron chi connectivity index (χ1n) is 9.52. The van der Waals surface area contributed by atoms with Crippen LogP contribution in [0.1, 0.15) is 41.6 Å². The molecule has 0 bridgehead atoms. The fourth-order valence-electron chi connectivity index (χ4n) is 3.65. The van der Waals surface area contributed by atoms with Crippen molar-refractivity contribution in [2.45, 2.75) is 32.3 Å². The molecule has 0 unspecified atom stereocenters. The van der Waals surface area contributed by atoms with Crippen molar-refractivity contribution in [2.75, 3.05) is 13.2 Å². The zero-order valence-electron chi connectivity index (χ0n) is 15.5. The molecular formula is C20H22BNO6. The van der Waals surface area contributed by atoms with E-state index in [4.69, 9.17) is 14.1 Å². The topological polar surface area (TPSA) is 98.1 Å². The Bertz CT molecular complexity index is 868. The molecule has 0 spiro atoms.